The Labute approximate surface area is 134 Å². The molecule has 1 aromatic carbocycles. The van der Waals surface area contributed by atoms with Crippen molar-refractivity contribution < 1.29 is 28.5 Å². The molecule has 1 amide bonds. The van der Waals surface area contributed by atoms with Crippen molar-refractivity contribution in [1.29, 1.82) is 0 Å². The van der Waals surface area contributed by atoms with E-state index < -0.39 is 5.97 Å². The van der Waals surface area contributed by atoms with E-state index in [-0.39, 0.29) is 29.9 Å². The van der Waals surface area contributed by atoms with E-state index in [2.05, 4.69) is 5.32 Å². The van der Waals surface area contributed by atoms with Crippen molar-refractivity contribution in [2.75, 3.05) is 34.0 Å². The van der Waals surface area contributed by atoms with Crippen LogP contribution < -0.4 is 14.8 Å². The van der Waals surface area contributed by atoms with Crippen LogP contribution in [-0.4, -0.2) is 52.0 Å². The maximum Gasteiger partial charge on any atom is 0.342 e. The van der Waals surface area contributed by atoms with Crippen LogP contribution in [0.2, 0.25) is 0 Å². The van der Waals surface area contributed by atoms with Gasteiger partial charge in [-0.3, -0.25) is 4.79 Å². The first-order valence-electron chi connectivity index (χ1n) is 7.42. The molecule has 0 aliphatic carbocycles. The molecule has 1 aliphatic rings. The molecule has 1 saturated heterocycles. The largest absolute Gasteiger partial charge is 0.493 e. The number of carbonyl (C=O) groups excluding carboxylic acids is 2. The van der Waals surface area contributed by atoms with Gasteiger partial charge in [0.1, 0.15) is 5.56 Å². The molecule has 1 N–H and O–H groups in total. The van der Waals surface area contributed by atoms with Crippen LogP contribution in [0, 0.1) is 0 Å². The molecule has 0 bridgehead atoms. The summed E-state index contributed by atoms with van der Waals surface area (Å²) < 4.78 is 20.7. The quantitative estimate of drug-likeness (QED) is 0.758. The minimum Gasteiger partial charge on any atom is -0.493 e. The lowest BCUT2D eigenvalue weighted by Gasteiger charge is -2.13. The fraction of sp³-hybridized carbons (Fsp3) is 0.500. The second-order valence-electron chi connectivity index (χ2n) is 5.06. The van der Waals surface area contributed by atoms with E-state index in [4.69, 9.17) is 18.9 Å². The molecule has 0 radical (unpaired) electrons. The van der Waals surface area contributed by atoms with Crippen LogP contribution in [0.1, 0.15) is 23.2 Å². The maximum absolute atomic E-state index is 12.1. The van der Waals surface area contributed by atoms with Gasteiger partial charge >= 0.3 is 5.97 Å². The molecule has 23 heavy (non-hydrogen) atoms. The predicted molar refractivity (Wildman–Crippen MR) is 81.8 cm³/mol. The van der Waals surface area contributed by atoms with E-state index in [1.54, 1.807) is 18.2 Å². The third-order valence-electron chi connectivity index (χ3n) is 3.51. The normalized spacial score (nSPS) is 16.7. The summed E-state index contributed by atoms with van der Waals surface area (Å²) in [5.74, 6) is -0.312. The Morgan fingerprint density at radius 3 is 2.78 bits per heavy atom. The number of nitrogens with one attached hydrogen (secondary N) is 1. The molecule has 0 saturated carbocycles. The molecule has 126 valence electrons. The summed E-state index contributed by atoms with van der Waals surface area (Å²) >= 11 is 0. The van der Waals surface area contributed by atoms with Gasteiger partial charge in [-0.15, -0.1) is 0 Å². The molecular weight excluding hydrogens is 302 g/mol. The Hall–Kier alpha value is -2.28. The van der Waals surface area contributed by atoms with Gasteiger partial charge in [0.05, 0.1) is 20.3 Å². The number of rotatable bonds is 7. The minimum atomic E-state index is -0.645. The van der Waals surface area contributed by atoms with Crippen LogP contribution in [0.25, 0.3) is 0 Å². The Balaban J connectivity index is 1.85. The van der Waals surface area contributed by atoms with Crippen molar-refractivity contribution in [1.82, 2.24) is 5.32 Å². The van der Waals surface area contributed by atoms with Gasteiger partial charge in [0.25, 0.3) is 5.91 Å². The summed E-state index contributed by atoms with van der Waals surface area (Å²) in [5.41, 5.74) is 0.207. The van der Waals surface area contributed by atoms with Gasteiger partial charge in [-0.1, -0.05) is 6.07 Å². The summed E-state index contributed by atoms with van der Waals surface area (Å²) in [7, 11) is 2.91. The van der Waals surface area contributed by atoms with Crippen molar-refractivity contribution in [2.45, 2.75) is 18.9 Å². The Bertz CT molecular complexity index is 554. The van der Waals surface area contributed by atoms with Gasteiger partial charge in [-0.25, -0.2) is 4.79 Å². The number of methoxy groups -OCH3 is 2. The summed E-state index contributed by atoms with van der Waals surface area (Å²) in [5, 5.41) is 2.69. The second-order valence-corrected chi connectivity index (χ2v) is 5.06. The molecule has 1 unspecified atom stereocenters. The van der Waals surface area contributed by atoms with Gasteiger partial charge in [-0.2, -0.15) is 0 Å². The minimum absolute atomic E-state index is 0.0492. The van der Waals surface area contributed by atoms with E-state index in [1.165, 1.54) is 14.2 Å². The lowest BCUT2D eigenvalue weighted by Crippen LogP contribution is -2.34. The number of carbonyl (C=O) groups is 2. The van der Waals surface area contributed by atoms with E-state index in [0.717, 1.165) is 19.4 Å². The molecule has 1 atom stereocenters. The number of hydrogen-bond acceptors (Lipinski definition) is 6. The highest BCUT2D eigenvalue weighted by atomic mass is 16.5. The predicted octanol–water partition coefficient (Wildman–Crippen LogP) is 1.16. The standard InChI is InChI=1S/C16H21NO6/c1-20-13-7-3-6-12(15(13)21-2)16(19)23-10-14(18)17-9-11-5-4-8-22-11/h3,6-7,11H,4-5,8-10H2,1-2H3,(H,17,18). The number of para-hydroxylation sites is 1. The Kier molecular flexibility index (Phi) is 6.22. The van der Waals surface area contributed by atoms with Crippen molar-refractivity contribution in [2.24, 2.45) is 0 Å². The van der Waals surface area contributed by atoms with Crippen LogP contribution >= 0.6 is 0 Å². The average molecular weight is 323 g/mol. The summed E-state index contributed by atoms with van der Waals surface area (Å²) in [6.45, 7) is 0.802. The third-order valence-corrected chi connectivity index (χ3v) is 3.51. The number of benzene rings is 1. The van der Waals surface area contributed by atoms with Crippen molar-refractivity contribution in [3.63, 3.8) is 0 Å². The molecule has 0 aromatic heterocycles. The number of esters is 1. The van der Waals surface area contributed by atoms with Gasteiger partial charge in [0, 0.05) is 13.2 Å². The van der Waals surface area contributed by atoms with Gasteiger partial charge in [0.15, 0.2) is 18.1 Å². The first-order chi connectivity index (χ1) is 11.2. The smallest absolute Gasteiger partial charge is 0.342 e. The summed E-state index contributed by atoms with van der Waals surface area (Å²) in [6, 6.07) is 4.87. The molecule has 0 spiro atoms. The molecule has 7 heteroatoms. The topological polar surface area (TPSA) is 83.1 Å². The van der Waals surface area contributed by atoms with Crippen LogP contribution in [0.5, 0.6) is 11.5 Å². The lowest BCUT2D eigenvalue weighted by atomic mass is 10.2. The van der Waals surface area contributed by atoms with Gasteiger partial charge in [0.2, 0.25) is 0 Å². The van der Waals surface area contributed by atoms with E-state index in [1.807, 2.05) is 0 Å². The molecule has 1 aliphatic heterocycles. The van der Waals surface area contributed by atoms with E-state index >= 15 is 0 Å². The van der Waals surface area contributed by atoms with Crippen LogP contribution in [0.15, 0.2) is 18.2 Å². The highest BCUT2D eigenvalue weighted by Crippen LogP contribution is 2.30. The highest BCUT2D eigenvalue weighted by molar-refractivity contribution is 5.94. The SMILES string of the molecule is COc1cccc(C(=O)OCC(=O)NCC2CCCO2)c1OC. The molecule has 1 aromatic rings. The van der Waals surface area contributed by atoms with Crippen LogP contribution in [0.4, 0.5) is 0 Å². The zero-order chi connectivity index (χ0) is 16.7. The molecule has 1 fully saturated rings. The van der Waals surface area contributed by atoms with Crippen LogP contribution in [-0.2, 0) is 14.3 Å². The van der Waals surface area contributed by atoms with Gasteiger partial charge < -0.3 is 24.3 Å². The second kappa shape index (κ2) is 8.38. The van der Waals surface area contributed by atoms with Crippen molar-refractivity contribution >= 4 is 11.9 Å². The maximum atomic E-state index is 12.1. The van der Waals surface area contributed by atoms with Crippen molar-refractivity contribution in [3.05, 3.63) is 23.8 Å². The zero-order valence-electron chi connectivity index (χ0n) is 13.3. The fourth-order valence-corrected chi connectivity index (χ4v) is 2.34. The number of hydrogen-bond donors (Lipinski definition) is 1. The Morgan fingerprint density at radius 2 is 2.13 bits per heavy atom. The first-order valence-corrected chi connectivity index (χ1v) is 7.42. The third kappa shape index (κ3) is 4.59. The monoisotopic (exact) mass is 323 g/mol. The van der Waals surface area contributed by atoms with E-state index in [0.29, 0.717) is 12.3 Å². The zero-order valence-corrected chi connectivity index (χ0v) is 13.3. The summed E-state index contributed by atoms with van der Waals surface area (Å²) in [4.78, 5) is 23.8. The molecule has 1 heterocycles. The molecule has 2 rings (SSSR count). The van der Waals surface area contributed by atoms with Crippen LogP contribution in [0.3, 0.4) is 0 Å². The lowest BCUT2D eigenvalue weighted by molar-refractivity contribution is -0.124. The first kappa shape index (κ1) is 17.1. The average Bonchev–Trinajstić information content (AvgIpc) is 3.10. The van der Waals surface area contributed by atoms with Gasteiger partial charge in [-0.05, 0) is 25.0 Å². The number of ether oxygens (including phenoxy) is 4. The fourth-order valence-electron chi connectivity index (χ4n) is 2.34. The molecule has 7 nitrogen and oxygen atoms in total. The van der Waals surface area contributed by atoms with E-state index in [9.17, 15) is 9.59 Å². The van der Waals surface area contributed by atoms with Crippen molar-refractivity contribution in [3.8, 4) is 11.5 Å². The summed E-state index contributed by atoms with van der Waals surface area (Å²) in [6.07, 6.45) is 1.99. The number of amides is 1. The Morgan fingerprint density at radius 1 is 1.30 bits per heavy atom. The molecular formula is C16H21NO6. The highest BCUT2D eigenvalue weighted by Gasteiger charge is 2.20.